The van der Waals surface area contributed by atoms with Gasteiger partial charge in [0.25, 0.3) is 0 Å². The molecule has 4 amide bonds. The zero-order chi connectivity index (χ0) is 23.0. The molecule has 4 atom stereocenters. The number of hydrogen-bond donors (Lipinski definition) is 6. The predicted molar refractivity (Wildman–Crippen MR) is 111 cm³/mol. The van der Waals surface area contributed by atoms with Gasteiger partial charge < -0.3 is 32.1 Å². The van der Waals surface area contributed by atoms with Crippen LogP contribution in [0.25, 0.3) is 0 Å². The van der Waals surface area contributed by atoms with Crippen molar-refractivity contribution in [3.05, 3.63) is 0 Å². The van der Waals surface area contributed by atoms with Crippen LogP contribution in [0.2, 0.25) is 0 Å². The minimum absolute atomic E-state index is 0.0330. The Morgan fingerprint density at radius 2 is 1.80 bits per heavy atom. The number of nitrogens with one attached hydrogen (secondary N) is 2. The lowest BCUT2D eigenvalue weighted by molar-refractivity contribution is -0.142. The van der Waals surface area contributed by atoms with E-state index in [1.807, 2.05) is 13.8 Å². The largest absolute Gasteiger partial charge is 0.480 e. The second-order valence-electron chi connectivity index (χ2n) is 7.74. The van der Waals surface area contributed by atoms with E-state index >= 15 is 0 Å². The van der Waals surface area contributed by atoms with Crippen LogP contribution in [-0.2, 0) is 24.0 Å². The normalized spacial score (nSPS) is 19.1. The zero-order valence-corrected chi connectivity index (χ0v) is 18.1. The number of aliphatic carboxylic acids is 1. The van der Waals surface area contributed by atoms with Gasteiger partial charge in [0.1, 0.15) is 18.1 Å². The number of carboxylic acid groups (broad SMARTS) is 1. The summed E-state index contributed by atoms with van der Waals surface area (Å²) < 4.78 is 0. The predicted octanol–water partition coefficient (Wildman–Crippen LogP) is -1.79. The van der Waals surface area contributed by atoms with Crippen molar-refractivity contribution >= 4 is 42.2 Å². The van der Waals surface area contributed by atoms with E-state index < -0.39 is 53.8 Å². The van der Waals surface area contributed by atoms with E-state index in [1.165, 1.54) is 4.90 Å². The van der Waals surface area contributed by atoms with Crippen molar-refractivity contribution in [2.45, 2.75) is 63.7 Å². The molecule has 0 aromatic heterocycles. The van der Waals surface area contributed by atoms with Gasteiger partial charge in [-0.3, -0.25) is 19.2 Å². The van der Waals surface area contributed by atoms with Crippen LogP contribution in [0.3, 0.4) is 0 Å². The standard InChI is InChI=1S/C18H31N5O6S/c1-9(2)6-11(15(25)22-12(8-30)18(28)29)21-16(26)13-4-3-5-23(13)17(27)10(19)7-14(20)24/h9-13,30H,3-8,19H2,1-2H3,(H2,20,24)(H,21,26)(H,22,25)(H,28,29). The van der Waals surface area contributed by atoms with Gasteiger partial charge in [0.2, 0.25) is 23.6 Å². The van der Waals surface area contributed by atoms with Crippen LogP contribution in [0.1, 0.15) is 39.5 Å². The summed E-state index contributed by atoms with van der Waals surface area (Å²) in [6.07, 6.45) is 0.890. The minimum Gasteiger partial charge on any atom is -0.480 e. The Bertz CT molecular complexity index is 673. The lowest BCUT2D eigenvalue weighted by Gasteiger charge is -2.28. The second kappa shape index (κ2) is 11.7. The number of rotatable bonds is 11. The fourth-order valence-corrected chi connectivity index (χ4v) is 3.50. The van der Waals surface area contributed by atoms with Crippen molar-refractivity contribution < 1.29 is 29.1 Å². The summed E-state index contributed by atoms with van der Waals surface area (Å²) in [4.78, 5) is 61.4. The monoisotopic (exact) mass is 445 g/mol. The van der Waals surface area contributed by atoms with E-state index in [-0.39, 0.29) is 24.5 Å². The van der Waals surface area contributed by atoms with Crippen LogP contribution >= 0.6 is 12.6 Å². The molecule has 7 N–H and O–H groups in total. The van der Waals surface area contributed by atoms with E-state index in [0.29, 0.717) is 19.4 Å². The molecule has 11 nitrogen and oxygen atoms in total. The van der Waals surface area contributed by atoms with E-state index in [2.05, 4.69) is 23.3 Å². The molecule has 0 aliphatic carbocycles. The first-order valence-electron chi connectivity index (χ1n) is 9.76. The smallest absolute Gasteiger partial charge is 0.327 e. The summed E-state index contributed by atoms with van der Waals surface area (Å²) in [6, 6.07) is -4.14. The molecule has 1 fully saturated rings. The number of primary amides is 1. The summed E-state index contributed by atoms with van der Waals surface area (Å²) in [5, 5.41) is 14.1. The van der Waals surface area contributed by atoms with E-state index in [4.69, 9.17) is 16.6 Å². The number of hydrogen-bond acceptors (Lipinski definition) is 7. The van der Waals surface area contributed by atoms with Gasteiger partial charge in [0.05, 0.1) is 12.5 Å². The molecule has 0 aromatic rings. The third-order valence-electron chi connectivity index (χ3n) is 4.71. The molecule has 0 bridgehead atoms. The Balaban J connectivity index is 2.89. The Morgan fingerprint density at radius 1 is 1.17 bits per heavy atom. The SMILES string of the molecule is CC(C)CC(NC(=O)C1CCCN1C(=O)C(N)CC(N)=O)C(=O)NC(CS)C(=O)O. The van der Waals surface area contributed by atoms with Crippen molar-refractivity contribution in [2.24, 2.45) is 17.4 Å². The van der Waals surface area contributed by atoms with Crippen LogP contribution in [0, 0.1) is 5.92 Å². The van der Waals surface area contributed by atoms with E-state index in [9.17, 15) is 24.0 Å². The van der Waals surface area contributed by atoms with Crippen LogP contribution in [0.5, 0.6) is 0 Å². The maximum absolute atomic E-state index is 12.8. The quantitative estimate of drug-likeness (QED) is 0.203. The van der Waals surface area contributed by atoms with Crippen molar-refractivity contribution in [1.82, 2.24) is 15.5 Å². The molecule has 0 radical (unpaired) electrons. The minimum atomic E-state index is -1.23. The maximum atomic E-state index is 12.8. The summed E-state index contributed by atoms with van der Waals surface area (Å²) in [6.45, 7) is 4.01. The number of carbonyl (C=O) groups excluding carboxylic acids is 4. The summed E-state index contributed by atoms with van der Waals surface area (Å²) in [5.74, 6) is -3.76. The molecule has 12 heteroatoms. The fraction of sp³-hybridized carbons (Fsp3) is 0.722. The van der Waals surface area contributed by atoms with Gasteiger partial charge >= 0.3 is 5.97 Å². The number of carboxylic acids is 1. The first-order chi connectivity index (χ1) is 14.0. The molecule has 4 unspecified atom stereocenters. The van der Waals surface area contributed by atoms with Crippen LogP contribution in [0.15, 0.2) is 0 Å². The number of nitrogens with zero attached hydrogens (tertiary/aromatic N) is 1. The van der Waals surface area contributed by atoms with Crippen molar-refractivity contribution in [1.29, 1.82) is 0 Å². The molecule has 170 valence electrons. The Hall–Kier alpha value is -2.34. The zero-order valence-electron chi connectivity index (χ0n) is 17.2. The maximum Gasteiger partial charge on any atom is 0.327 e. The van der Waals surface area contributed by atoms with Gasteiger partial charge in [0.15, 0.2) is 0 Å². The molecule has 1 aliphatic rings. The van der Waals surface area contributed by atoms with Crippen LogP contribution in [0.4, 0.5) is 0 Å². The first kappa shape index (κ1) is 25.7. The Labute approximate surface area is 180 Å². The van der Waals surface area contributed by atoms with Gasteiger partial charge in [-0.15, -0.1) is 0 Å². The molecule has 1 saturated heterocycles. The van der Waals surface area contributed by atoms with Gasteiger partial charge in [-0.2, -0.15) is 12.6 Å². The first-order valence-corrected chi connectivity index (χ1v) is 10.4. The third-order valence-corrected chi connectivity index (χ3v) is 5.08. The molecular formula is C18H31N5O6S. The van der Waals surface area contributed by atoms with Gasteiger partial charge in [-0.05, 0) is 25.2 Å². The Morgan fingerprint density at radius 3 is 2.30 bits per heavy atom. The number of thiol groups is 1. The summed E-state index contributed by atoms with van der Waals surface area (Å²) in [5.41, 5.74) is 10.8. The van der Waals surface area contributed by atoms with Crippen molar-refractivity contribution in [2.75, 3.05) is 12.3 Å². The highest BCUT2D eigenvalue weighted by molar-refractivity contribution is 7.80. The van der Waals surface area contributed by atoms with Crippen molar-refractivity contribution in [3.8, 4) is 0 Å². The Kier molecular flexibility index (Phi) is 10.1. The molecule has 0 aromatic carbocycles. The highest BCUT2D eigenvalue weighted by atomic mass is 32.1. The number of nitrogens with two attached hydrogens (primary N) is 2. The molecule has 1 rings (SSSR count). The molecule has 30 heavy (non-hydrogen) atoms. The number of amides is 4. The molecule has 0 spiro atoms. The van der Waals surface area contributed by atoms with E-state index in [1.54, 1.807) is 0 Å². The lowest BCUT2D eigenvalue weighted by atomic mass is 10.0. The van der Waals surface area contributed by atoms with Gasteiger partial charge in [-0.1, -0.05) is 13.8 Å². The highest BCUT2D eigenvalue weighted by Crippen LogP contribution is 2.19. The molecule has 1 aliphatic heterocycles. The highest BCUT2D eigenvalue weighted by Gasteiger charge is 2.38. The fourth-order valence-electron chi connectivity index (χ4n) is 3.25. The summed E-state index contributed by atoms with van der Waals surface area (Å²) >= 11 is 3.91. The van der Waals surface area contributed by atoms with Crippen molar-refractivity contribution in [3.63, 3.8) is 0 Å². The van der Waals surface area contributed by atoms with E-state index in [0.717, 1.165) is 0 Å². The number of likely N-dealkylation sites (tertiary alicyclic amines) is 1. The molecule has 0 saturated carbocycles. The lowest BCUT2D eigenvalue weighted by Crippen LogP contribution is -2.57. The number of carbonyl (C=O) groups is 5. The topological polar surface area (TPSA) is 185 Å². The van der Waals surface area contributed by atoms with Crippen LogP contribution in [-0.4, -0.2) is 76.1 Å². The van der Waals surface area contributed by atoms with Gasteiger partial charge in [0, 0.05) is 12.3 Å². The molecule has 1 heterocycles. The van der Waals surface area contributed by atoms with Crippen LogP contribution < -0.4 is 22.1 Å². The third kappa shape index (κ3) is 7.48. The second-order valence-corrected chi connectivity index (χ2v) is 8.10. The average molecular weight is 446 g/mol. The van der Waals surface area contributed by atoms with Gasteiger partial charge in [-0.25, -0.2) is 4.79 Å². The average Bonchev–Trinajstić information content (AvgIpc) is 3.13. The summed E-state index contributed by atoms with van der Waals surface area (Å²) in [7, 11) is 0. The molecular weight excluding hydrogens is 414 g/mol.